The van der Waals surface area contributed by atoms with Gasteiger partial charge in [-0.2, -0.15) is 0 Å². The number of hydrogen-bond acceptors (Lipinski definition) is 3. The summed E-state index contributed by atoms with van der Waals surface area (Å²) in [5.74, 6) is 0.651. The van der Waals surface area contributed by atoms with E-state index in [1.54, 1.807) is 0 Å². The molecule has 1 aliphatic carbocycles. The Balaban J connectivity index is 1.18. The van der Waals surface area contributed by atoms with Gasteiger partial charge in [-0.15, -0.1) is 0 Å². The molecule has 3 nitrogen and oxygen atoms in total. The maximum absolute atomic E-state index is 6.69. The van der Waals surface area contributed by atoms with Crippen LogP contribution in [-0.4, -0.2) is 9.97 Å². The Morgan fingerprint density at radius 1 is 0.339 bits per heavy atom. The summed E-state index contributed by atoms with van der Waals surface area (Å²) in [5, 5.41) is 2.14. The minimum Gasteiger partial charge on any atom is -0.455 e. The molecular weight excluding hydrogens is 753 g/mol. The Hall–Kier alpha value is -8.14. The van der Waals surface area contributed by atoms with Gasteiger partial charge in [0.05, 0.1) is 16.8 Å². The summed E-state index contributed by atoms with van der Waals surface area (Å²) in [4.78, 5) is 11.3. The lowest BCUT2D eigenvalue weighted by atomic mass is 9.66. The van der Waals surface area contributed by atoms with Crippen molar-refractivity contribution in [2.45, 2.75) is 5.41 Å². The number of rotatable bonds is 7. The monoisotopic (exact) mass is 790 g/mol. The van der Waals surface area contributed by atoms with Gasteiger partial charge in [0.15, 0.2) is 5.82 Å². The predicted molar refractivity (Wildman–Crippen MR) is 254 cm³/mol. The van der Waals surface area contributed by atoms with Gasteiger partial charge in [-0.05, 0) is 79.9 Å². The molecule has 2 aromatic heterocycles. The van der Waals surface area contributed by atoms with Crippen LogP contribution in [0.4, 0.5) is 0 Å². The van der Waals surface area contributed by atoms with Gasteiger partial charge >= 0.3 is 0 Å². The molecule has 0 bridgehead atoms. The molecule has 9 aromatic carbocycles. The smallest absolute Gasteiger partial charge is 0.160 e. The molecule has 0 spiro atoms. The van der Waals surface area contributed by atoms with E-state index in [-0.39, 0.29) is 0 Å². The number of fused-ring (bicyclic) bond motifs is 6. The molecule has 0 atom stereocenters. The van der Waals surface area contributed by atoms with Crippen molar-refractivity contribution in [2.75, 3.05) is 0 Å². The van der Waals surface area contributed by atoms with Crippen LogP contribution in [0.5, 0.6) is 0 Å². The van der Waals surface area contributed by atoms with E-state index in [4.69, 9.17) is 14.4 Å². The van der Waals surface area contributed by atoms with E-state index in [9.17, 15) is 0 Å². The zero-order valence-corrected chi connectivity index (χ0v) is 33.7. The second kappa shape index (κ2) is 14.5. The summed E-state index contributed by atoms with van der Waals surface area (Å²) in [5.41, 5.74) is 17.2. The van der Waals surface area contributed by atoms with E-state index < -0.39 is 5.41 Å². The fraction of sp³-hybridized carbons (Fsp3) is 0.0169. The highest BCUT2D eigenvalue weighted by atomic mass is 16.3. The van der Waals surface area contributed by atoms with E-state index in [1.165, 1.54) is 33.4 Å². The third-order valence-corrected chi connectivity index (χ3v) is 12.6. The molecule has 1 aliphatic rings. The topological polar surface area (TPSA) is 38.9 Å². The maximum Gasteiger partial charge on any atom is 0.160 e. The number of benzene rings is 9. The Morgan fingerprint density at radius 2 is 0.887 bits per heavy atom. The van der Waals surface area contributed by atoms with Crippen LogP contribution in [-0.2, 0) is 5.41 Å². The quantitative estimate of drug-likeness (QED) is 0.161. The lowest BCUT2D eigenvalue weighted by molar-refractivity contribution is 0.670. The fourth-order valence-corrected chi connectivity index (χ4v) is 9.92. The summed E-state index contributed by atoms with van der Waals surface area (Å²) in [6, 6.07) is 82.1. The van der Waals surface area contributed by atoms with Crippen molar-refractivity contribution < 1.29 is 4.42 Å². The van der Waals surface area contributed by atoms with Crippen LogP contribution in [0.2, 0.25) is 0 Å². The zero-order chi connectivity index (χ0) is 41.0. The second-order valence-corrected chi connectivity index (χ2v) is 16.0. The molecule has 0 fully saturated rings. The van der Waals surface area contributed by atoms with Crippen LogP contribution < -0.4 is 0 Å². The molecule has 12 rings (SSSR count). The van der Waals surface area contributed by atoms with Gasteiger partial charge in [0.25, 0.3) is 0 Å². The first kappa shape index (κ1) is 35.8. The van der Waals surface area contributed by atoms with E-state index in [1.807, 2.05) is 12.1 Å². The number of furan rings is 1. The molecule has 0 amide bonds. The van der Waals surface area contributed by atoms with Crippen LogP contribution in [0.25, 0.3) is 89.2 Å². The van der Waals surface area contributed by atoms with Crippen molar-refractivity contribution >= 4 is 21.9 Å². The van der Waals surface area contributed by atoms with E-state index in [2.05, 4.69) is 218 Å². The minimum atomic E-state index is -0.643. The highest BCUT2D eigenvalue weighted by molar-refractivity contribution is 6.09. The molecule has 2 heterocycles. The van der Waals surface area contributed by atoms with Gasteiger partial charge in [0.2, 0.25) is 0 Å². The largest absolute Gasteiger partial charge is 0.455 e. The first-order valence-corrected chi connectivity index (χ1v) is 21.2. The summed E-state index contributed by atoms with van der Waals surface area (Å²) >= 11 is 0. The summed E-state index contributed by atoms with van der Waals surface area (Å²) in [6.45, 7) is 0. The molecule has 0 radical (unpaired) electrons. The van der Waals surface area contributed by atoms with Crippen LogP contribution in [0.15, 0.2) is 235 Å². The summed E-state index contributed by atoms with van der Waals surface area (Å²) < 4.78 is 6.69. The molecule has 0 aliphatic heterocycles. The van der Waals surface area contributed by atoms with Crippen molar-refractivity contribution in [3.8, 4) is 67.3 Å². The van der Waals surface area contributed by atoms with Crippen LogP contribution in [0, 0.1) is 0 Å². The molecule has 11 aromatic rings. The number of para-hydroxylation sites is 2. The SMILES string of the molecule is c1ccc(-c2ccc(-c3cc(-c4cccc5c4oc4ccccc45)nc(-c4cccc5c4C(c4ccccc4)(c4ccccc4)c4ccccc4-5)n3)c(-c3ccccc3)c2)cc1. The van der Waals surface area contributed by atoms with Crippen molar-refractivity contribution in [2.24, 2.45) is 0 Å². The normalized spacial score (nSPS) is 12.6. The molecule has 62 heavy (non-hydrogen) atoms. The average Bonchev–Trinajstić information content (AvgIpc) is 3.89. The minimum absolute atomic E-state index is 0.643. The van der Waals surface area contributed by atoms with Crippen LogP contribution >= 0.6 is 0 Å². The first-order valence-electron chi connectivity index (χ1n) is 21.2. The van der Waals surface area contributed by atoms with Gasteiger partial charge in [-0.25, -0.2) is 9.97 Å². The molecule has 0 saturated heterocycles. The number of aromatic nitrogens is 2. The molecular formula is C59H38N2O. The number of hydrogen-bond donors (Lipinski definition) is 0. The zero-order valence-electron chi connectivity index (χ0n) is 33.7. The molecule has 3 heteroatoms. The van der Waals surface area contributed by atoms with Crippen molar-refractivity contribution in [3.05, 3.63) is 253 Å². The van der Waals surface area contributed by atoms with Gasteiger partial charge in [0.1, 0.15) is 11.2 Å². The van der Waals surface area contributed by atoms with Crippen LogP contribution in [0.3, 0.4) is 0 Å². The van der Waals surface area contributed by atoms with Crippen molar-refractivity contribution in [3.63, 3.8) is 0 Å². The van der Waals surface area contributed by atoms with Crippen LogP contribution in [0.1, 0.15) is 22.3 Å². The highest BCUT2D eigenvalue weighted by Gasteiger charge is 2.47. The van der Waals surface area contributed by atoms with Crippen molar-refractivity contribution in [1.82, 2.24) is 9.97 Å². The number of nitrogens with zero attached hydrogens (tertiary/aromatic N) is 2. The summed E-state index contributed by atoms with van der Waals surface area (Å²) in [6.07, 6.45) is 0. The third-order valence-electron chi connectivity index (χ3n) is 12.6. The van der Waals surface area contributed by atoms with Gasteiger partial charge in [-0.3, -0.25) is 0 Å². The van der Waals surface area contributed by atoms with Gasteiger partial charge < -0.3 is 4.42 Å². The van der Waals surface area contributed by atoms with E-state index >= 15 is 0 Å². The van der Waals surface area contributed by atoms with Gasteiger partial charge in [-0.1, -0.05) is 206 Å². The molecule has 0 saturated carbocycles. The standard InChI is InChI=1S/C59H38N2O/c1-5-19-39(20-6-1)41-35-36-45(51(37-41)40-21-7-2-8-22-40)53-38-54(49-31-18-30-48-46-28-14-16-34-55(46)62-57(48)49)61-58(60-53)50-32-17-29-47-44-27-13-15-33-52(44)59(56(47)50,42-23-9-3-10-24-42)43-25-11-4-12-26-43/h1-38H. The average molecular weight is 791 g/mol. The van der Waals surface area contributed by atoms with E-state index in [0.29, 0.717) is 5.82 Å². The molecule has 0 N–H and O–H groups in total. The Labute approximate surface area is 360 Å². The highest BCUT2D eigenvalue weighted by Crippen LogP contribution is 2.58. The van der Waals surface area contributed by atoms with Crippen molar-refractivity contribution in [1.29, 1.82) is 0 Å². The summed E-state index contributed by atoms with van der Waals surface area (Å²) in [7, 11) is 0. The Bertz CT molecular complexity index is 3410. The molecule has 0 unspecified atom stereocenters. The van der Waals surface area contributed by atoms with E-state index in [0.717, 1.165) is 72.3 Å². The predicted octanol–water partition coefficient (Wildman–Crippen LogP) is 15.1. The molecule has 290 valence electrons. The lowest BCUT2D eigenvalue weighted by Gasteiger charge is -2.35. The maximum atomic E-state index is 6.69. The third kappa shape index (κ3) is 5.59. The first-order chi connectivity index (χ1) is 30.8. The fourth-order valence-electron chi connectivity index (χ4n) is 9.92. The Morgan fingerprint density at radius 3 is 1.63 bits per heavy atom. The Kier molecular flexibility index (Phi) is 8.39. The lowest BCUT2D eigenvalue weighted by Crippen LogP contribution is -2.29. The second-order valence-electron chi connectivity index (χ2n) is 16.0. The van der Waals surface area contributed by atoms with Gasteiger partial charge in [0, 0.05) is 27.5 Å².